The van der Waals surface area contributed by atoms with Gasteiger partial charge in [-0.05, 0) is 51.0 Å². The Hall–Kier alpha value is -2.87. The number of imidazole rings is 1. The summed E-state index contributed by atoms with van der Waals surface area (Å²) in [5.74, 6) is -0.283. The van der Waals surface area contributed by atoms with E-state index in [0.29, 0.717) is 24.1 Å². The zero-order valence-electron chi connectivity index (χ0n) is 18.5. The third-order valence-corrected chi connectivity index (χ3v) is 8.14. The molecule has 0 unspecified atom stereocenters. The first kappa shape index (κ1) is 22.3. The van der Waals surface area contributed by atoms with Crippen LogP contribution in [0.4, 0.5) is 5.69 Å². The number of benzene rings is 2. The number of hydrogen-bond acceptors (Lipinski definition) is 4. The first-order chi connectivity index (χ1) is 15.4. The standard InChI is InChI=1S/C24H29N3O4S/c1-3-26-20-15-19(25-23(28)17-11-7-5-8-12-17)22(16-21(20)27(4-2)24(26)29)32(30,31)18-13-9-6-10-14-18/h6,9-10,13-17H,3-5,7-8,11-12H2,1-2H3,(H,25,28). The van der Waals surface area contributed by atoms with E-state index in [-0.39, 0.29) is 33.0 Å². The van der Waals surface area contributed by atoms with Crippen LogP contribution < -0.4 is 11.0 Å². The summed E-state index contributed by atoms with van der Waals surface area (Å²) in [6.07, 6.45) is 4.74. The molecule has 8 heteroatoms. The molecule has 2 aromatic carbocycles. The highest BCUT2D eigenvalue weighted by atomic mass is 32.2. The lowest BCUT2D eigenvalue weighted by Crippen LogP contribution is -2.25. The van der Waals surface area contributed by atoms with Gasteiger partial charge in [-0.2, -0.15) is 0 Å². The van der Waals surface area contributed by atoms with Gasteiger partial charge in [-0.15, -0.1) is 0 Å². The number of nitrogens with one attached hydrogen (secondary N) is 1. The first-order valence-electron chi connectivity index (χ1n) is 11.3. The van der Waals surface area contributed by atoms with Crippen molar-refractivity contribution in [3.05, 3.63) is 52.9 Å². The van der Waals surface area contributed by atoms with Crippen LogP contribution in [0.3, 0.4) is 0 Å². The van der Waals surface area contributed by atoms with Crippen molar-refractivity contribution in [1.29, 1.82) is 0 Å². The van der Waals surface area contributed by atoms with Crippen LogP contribution in [0, 0.1) is 5.92 Å². The maximum absolute atomic E-state index is 13.6. The van der Waals surface area contributed by atoms with E-state index < -0.39 is 9.84 Å². The molecule has 0 bridgehead atoms. The second-order valence-corrected chi connectivity index (χ2v) is 10.2. The van der Waals surface area contributed by atoms with Gasteiger partial charge in [0.2, 0.25) is 15.7 Å². The molecule has 7 nitrogen and oxygen atoms in total. The zero-order chi connectivity index (χ0) is 22.9. The van der Waals surface area contributed by atoms with Gasteiger partial charge in [0.15, 0.2) is 0 Å². The lowest BCUT2D eigenvalue weighted by Gasteiger charge is -2.22. The van der Waals surface area contributed by atoms with Crippen molar-refractivity contribution in [1.82, 2.24) is 9.13 Å². The predicted molar refractivity (Wildman–Crippen MR) is 125 cm³/mol. The van der Waals surface area contributed by atoms with Gasteiger partial charge in [-0.3, -0.25) is 13.9 Å². The molecule has 3 aromatic rings. The number of carbonyl (C=O) groups excluding carboxylic acids is 1. The van der Waals surface area contributed by atoms with E-state index in [0.717, 1.165) is 32.1 Å². The summed E-state index contributed by atoms with van der Waals surface area (Å²) in [6, 6.07) is 11.3. The fourth-order valence-electron chi connectivity index (χ4n) is 4.60. The van der Waals surface area contributed by atoms with E-state index in [1.54, 1.807) is 33.4 Å². The quantitative estimate of drug-likeness (QED) is 0.603. The van der Waals surface area contributed by atoms with E-state index in [4.69, 9.17) is 0 Å². The highest BCUT2D eigenvalue weighted by Gasteiger charge is 2.28. The van der Waals surface area contributed by atoms with E-state index in [9.17, 15) is 18.0 Å². The summed E-state index contributed by atoms with van der Waals surface area (Å²) in [4.78, 5) is 26.0. The van der Waals surface area contributed by atoms with Crippen LogP contribution in [-0.2, 0) is 27.7 Å². The Kier molecular flexibility index (Phi) is 6.24. The fraction of sp³-hybridized carbons (Fsp3) is 0.417. The number of carbonyl (C=O) groups is 1. The Bertz CT molecular complexity index is 1300. The summed E-state index contributed by atoms with van der Waals surface area (Å²) in [7, 11) is -3.91. The van der Waals surface area contributed by atoms with E-state index in [1.165, 1.54) is 18.2 Å². The molecule has 1 saturated carbocycles. The lowest BCUT2D eigenvalue weighted by atomic mass is 9.88. The Morgan fingerprint density at radius 3 is 2.16 bits per heavy atom. The summed E-state index contributed by atoms with van der Waals surface area (Å²) >= 11 is 0. The average Bonchev–Trinajstić information content (AvgIpc) is 3.08. The molecule has 1 amide bonds. The third kappa shape index (κ3) is 3.88. The van der Waals surface area contributed by atoms with Crippen LogP contribution >= 0.6 is 0 Å². The van der Waals surface area contributed by atoms with Gasteiger partial charge in [-0.1, -0.05) is 37.5 Å². The molecule has 1 aliphatic rings. The van der Waals surface area contributed by atoms with Crippen LogP contribution in [0.5, 0.6) is 0 Å². The third-order valence-electron chi connectivity index (χ3n) is 6.33. The van der Waals surface area contributed by atoms with Gasteiger partial charge < -0.3 is 5.32 Å². The number of aromatic nitrogens is 2. The molecule has 1 N–H and O–H groups in total. The van der Waals surface area contributed by atoms with Crippen molar-refractivity contribution >= 4 is 32.5 Å². The topological polar surface area (TPSA) is 90.2 Å². The number of anilines is 1. The molecule has 0 aliphatic heterocycles. The van der Waals surface area contributed by atoms with Crippen LogP contribution in [0.1, 0.15) is 46.0 Å². The van der Waals surface area contributed by atoms with Crippen molar-refractivity contribution in [3.63, 3.8) is 0 Å². The van der Waals surface area contributed by atoms with Crippen molar-refractivity contribution in [2.24, 2.45) is 5.92 Å². The van der Waals surface area contributed by atoms with Gasteiger partial charge in [-0.25, -0.2) is 13.2 Å². The van der Waals surface area contributed by atoms with Crippen LogP contribution in [0.2, 0.25) is 0 Å². The lowest BCUT2D eigenvalue weighted by molar-refractivity contribution is -0.120. The fourth-order valence-corrected chi connectivity index (χ4v) is 6.03. The highest BCUT2D eigenvalue weighted by molar-refractivity contribution is 7.91. The minimum Gasteiger partial charge on any atom is -0.325 e. The minimum atomic E-state index is -3.91. The first-order valence-corrected chi connectivity index (χ1v) is 12.7. The van der Waals surface area contributed by atoms with Gasteiger partial charge in [0.05, 0.1) is 26.5 Å². The second kappa shape index (κ2) is 8.94. The van der Waals surface area contributed by atoms with Crippen molar-refractivity contribution < 1.29 is 13.2 Å². The second-order valence-electron chi connectivity index (χ2n) is 8.25. The average molecular weight is 456 g/mol. The minimum absolute atomic E-state index is 0.0100. The monoisotopic (exact) mass is 455 g/mol. The van der Waals surface area contributed by atoms with E-state index in [1.807, 2.05) is 13.8 Å². The SMILES string of the molecule is CCn1c(=O)n(CC)c2cc(S(=O)(=O)c3ccccc3)c(NC(=O)C3CCCCC3)cc21. The molecule has 1 fully saturated rings. The number of fused-ring (bicyclic) bond motifs is 1. The Morgan fingerprint density at radius 2 is 1.56 bits per heavy atom. The maximum atomic E-state index is 13.6. The molecule has 1 heterocycles. The van der Waals surface area contributed by atoms with Gasteiger partial charge in [0.25, 0.3) is 0 Å². The number of nitrogens with zero attached hydrogens (tertiary/aromatic N) is 2. The molecule has 0 saturated heterocycles. The molecule has 170 valence electrons. The van der Waals surface area contributed by atoms with Crippen molar-refractivity contribution in [2.75, 3.05) is 5.32 Å². The summed E-state index contributed by atoms with van der Waals surface area (Å²) < 4.78 is 30.3. The number of amides is 1. The van der Waals surface area contributed by atoms with Gasteiger partial charge in [0.1, 0.15) is 0 Å². The Labute approximate surface area is 188 Å². The normalized spacial score (nSPS) is 15.2. The number of aryl methyl sites for hydroxylation is 2. The number of hydrogen-bond donors (Lipinski definition) is 1. The highest BCUT2D eigenvalue weighted by Crippen LogP contribution is 2.33. The summed E-state index contributed by atoms with van der Waals surface area (Å²) in [6.45, 7) is 4.59. The summed E-state index contributed by atoms with van der Waals surface area (Å²) in [5, 5.41) is 2.90. The predicted octanol–water partition coefficient (Wildman–Crippen LogP) is 4.19. The van der Waals surface area contributed by atoms with Gasteiger partial charge in [0, 0.05) is 19.0 Å². The maximum Gasteiger partial charge on any atom is 0.329 e. The molecule has 32 heavy (non-hydrogen) atoms. The van der Waals surface area contributed by atoms with Crippen LogP contribution in [0.15, 0.2) is 57.1 Å². The molecule has 0 radical (unpaired) electrons. The Morgan fingerprint density at radius 1 is 0.969 bits per heavy atom. The van der Waals surface area contributed by atoms with E-state index >= 15 is 0 Å². The Balaban J connectivity index is 1.92. The van der Waals surface area contributed by atoms with Crippen LogP contribution in [-0.4, -0.2) is 23.5 Å². The molecule has 0 atom stereocenters. The van der Waals surface area contributed by atoms with E-state index in [2.05, 4.69) is 5.32 Å². The molecule has 1 aromatic heterocycles. The molecule has 0 spiro atoms. The van der Waals surface area contributed by atoms with Crippen LogP contribution in [0.25, 0.3) is 11.0 Å². The molecule has 1 aliphatic carbocycles. The van der Waals surface area contributed by atoms with Gasteiger partial charge >= 0.3 is 5.69 Å². The molecular formula is C24H29N3O4S. The summed E-state index contributed by atoms with van der Waals surface area (Å²) in [5.41, 5.74) is 1.20. The zero-order valence-corrected chi connectivity index (χ0v) is 19.3. The smallest absolute Gasteiger partial charge is 0.325 e. The number of rotatable bonds is 6. The largest absolute Gasteiger partial charge is 0.329 e. The number of sulfone groups is 1. The molecular weight excluding hydrogens is 426 g/mol. The van der Waals surface area contributed by atoms with Crippen molar-refractivity contribution in [3.8, 4) is 0 Å². The molecule has 4 rings (SSSR count). The van der Waals surface area contributed by atoms with Crippen molar-refractivity contribution in [2.45, 2.75) is 68.8 Å².